The molecular formula is C18H13FN2O3. The van der Waals surface area contributed by atoms with Gasteiger partial charge in [0.25, 0.3) is 0 Å². The number of carbonyl (C=O) groups excluding carboxylic acids is 1. The van der Waals surface area contributed by atoms with Gasteiger partial charge in [0.1, 0.15) is 23.9 Å². The lowest BCUT2D eigenvalue weighted by molar-refractivity contribution is 0.0461. The fourth-order valence-electron chi connectivity index (χ4n) is 1.95. The molecule has 0 atom stereocenters. The Morgan fingerprint density at radius 1 is 1.04 bits per heavy atom. The van der Waals surface area contributed by atoms with E-state index >= 15 is 0 Å². The van der Waals surface area contributed by atoms with Crippen LogP contribution in [0.1, 0.15) is 16.1 Å². The minimum absolute atomic E-state index is 0.0712. The van der Waals surface area contributed by atoms with Crippen LogP contribution in [0.25, 0.3) is 0 Å². The summed E-state index contributed by atoms with van der Waals surface area (Å²) in [5, 5.41) is 0. The lowest BCUT2D eigenvalue weighted by Gasteiger charge is -2.08. The van der Waals surface area contributed by atoms with Crippen LogP contribution in [-0.4, -0.2) is 15.9 Å². The van der Waals surface area contributed by atoms with Gasteiger partial charge in [-0.1, -0.05) is 18.2 Å². The molecule has 0 fully saturated rings. The van der Waals surface area contributed by atoms with Gasteiger partial charge in [0.05, 0.1) is 6.20 Å². The number of aromatic nitrogens is 2. The Balaban J connectivity index is 1.64. The van der Waals surface area contributed by atoms with Crippen LogP contribution in [0, 0.1) is 5.82 Å². The molecule has 0 N–H and O–H groups in total. The highest BCUT2D eigenvalue weighted by Gasteiger charge is 2.11. The zero-order valence-corrected chi connectivity index (χ0v) is 12.6. The van der Waals surface area contributed by atoms with Gasteiger partial charge in [-0.25, -0.2) is 14.2 Å². The number of nitrogens with zero attached hydrogens (tertiary/aromatic N) is 2. The molecule has 1 heterocycles. The van der Waals surface area contributed by atoms with Crippen molar-refractivity contribution in [2.45, 2.75) is 6.61 Å². The Kier molecular flexibility index (Phi) is 4.76. The Hall–Kier alpha value is -3.28. The minimum atomic E-state index is -0.660. The molecule has 0 aliphatic rings. The summed E-state index contributed by atoms with van der Waals surface area (Å²) in [6.07, 6.45) is 4.12. The summed E-state index contributed by atoms with van der Waals surface area (Å²) in [6.45, 7) is -0.202. The first-order chi connectivity index (χ1) is 11.7. The van der Waals surface area contributed by atoms with E-state index in [0.29, 0.717) is 11.5 Å². The second-order valence-corrected chi connectivity index (χ2v) is 4.84. The van der Waals surface area contributed by atoms with E-state index in [1.165, 1.54) is 30.7 Å². The van der Waals surface area contributed by atoms with Crippen LogP contribution >= 0.6 is 0 Å². The minimum Gasteiger partial charge on any atom is -0.457 e. The number of esters is 1. The van der Waals surface area contributed by atoms with Crippen molar-refractivity contribution in [1.82, 2.24) is 9.97 Å². The van der Waals surface area contributed by atoms with Gasteiger partial charge in [-0.3, -0.25) is 4.98 Å². The van der Waals surface area contributed by atoms with Crippen LogP contribution in [0.3, 0.4) is 0 Å². The van der Waals surface area contributed by atoms with Crippen LogP contribution < -0.4 is 4.74 Å². The number of rotatable bonds is 5. The molecule has 0 amide bonds. The zero-order chi connectivity index (χ0) is 16.8. The maximum atomic E-state index is 14.1. The smallest absolute Gasteiger partial charge is 0.358 e. The molecule has 6 heteroatoms. The molecule has 0 radical (unpaired) electrons. The van der Waals surface area contributed by atoms with Gasteiger partial charge in [0.15, 0.2) is 5.69 Å². The molecular weight excluding hydrogens is 311 g/mol. The van der Waals surface area contributed by atoms with Crippen molar-refractivity contribution in [2.24, 2.45) is 0 Å². The molecule has 3 rings (SSSR count). The predicted octanol–water partition coefficient (Wildman–Crippen LogP) is 3.77. The second-order valence-electron chi connectivity index (χ2n) is 4.84. The lowest BCUT2D eigenvalue weighted by Crippen LogP contribution is -2.08. The van der Waals surface area contributed by atoms with Crippen LogP contribution in [0.4, 0.5) is 4.39 Å². The highest BCUT2D eigenvalue weighted by atomic mass is 19.1. The number of hydrogen-bond donors (Lipinski definition) is 0. The van der Waals surface area contributed by atoms with Crippen molar-refractivity contribution in [3.63, 3.8) is 0 Å². The predicted molar refractivity (Wildman–Crippen MR) is 84.1 cm³/mol. The summed E-state index contributed by atoms with van der Waals surface area (Å²) in [4.78, 5) is 19.4. The van der Waals surface area contributed by atoms with Gasteiger partial charge in [0, 0.05) is 24.0 Å². The molecule has 0 spiro atoms. The van der Waals surface area contributed by atoms with Crippen molar-refractivity contribution in [3.05, 3.63) is 84.2 Å². The summed E-state index contributed by atoms with van der Waals surface area (Å²) >= 11 is 0. The van der Waals surface area contributed by atoms with Gasteiger partial charge in [0.2, 0.25) is 0 Å². The molecule has 0 aliphatic carbocycles. The molecule has 120 valence electrons. The van der Waals surface area contributed by atoms with Crippen LogP contribution in [0.5, 0.6) is 11.5 Å². The maximum Gasteiger partial charge on any atom is 0.358 e. The normalized spacial score (nSPS) is 10.2. The highest BCUT2D eigenvalue weighted by Crippen LogP contribution is 2.23. The van der Waals surface area contributed by atoms with Gasteiger partial charge < -0.3 is 9.47 Å². The molecule has 3 aromatic rings. The molecule has 0 aliphatic heterocycles. The molecule has 5 nitrogen and oxygen atoms in total. The Labute approximate surface area is 137 Å². The van der Waals surface area contributed by atoms with Gasteiger partial charge in [-0.15, -0.1) is 0 Å². The van der Waals surface area contributed by atoms with E-state index < -0.39 is 11.8 Å². The van der Waals surface area contributed by atoms with E-state index in [1.54, 1.807) is 18.2 Å². The number of para-hydroxylation sites is 1. The number of benzene rings is 2. The van der Waals surface area contributed by atoms with Crippen molar-refractivity contribution in [1.29, 1.82) is 0 Å². The van der Waals surface area contributed by atoms with E-state index in [4.69, 9.17) is 9.47 Å². The van der Waals surface area contributed by atoms with Crippen molar-refractivity contribution < 1.29 is 18.7 Å². The quantitative estimate of drug-likeness (QED) is 0.669. The van der Waals surface area contributed by atoms with Gasteiger partial charge in [-0.2, -0.15) is 0 Å². The Bertz CT molecular complexity index is 826. The van der Waals surface area contributed by atoms with E-state index in [-0.39, 0.29) is 17.9 Å². The summed E-state index contributed by atoms with van der Waals surface area (Å²) in [6, 6.07) is 13.4. The van der Waals surface area contributed by atoms with Crippen molar-refractivity contribution >= 4 is 5.97 Å². The fraction of sp³-hybridized carbons (Fsp3) is 0.0556. The standard InChI is InChI=1S/C18H13FN2O3/c19-16-10-15(24-14-4-2-1-3-5-14)7-6-13(16)12-23-18(22)17-11-20-8-9-21-17/h1-11H,12H2. The van der Waals surface area contributed by atoms with E-state index in [0.717, 1.165) is 0 Å². The summed E-state index contributed by atoms with van der Waals surface area (Å²) in [7, 11) is 0. The number of carbonyl (C=O) groups is 1. The fourth-order valence-corrected chi connectivity index (χ4v) is 1.95. The molecule has 24 heavy (non-hydrogen) atoms. The zero-order valence-electron chi connectivity index (χ0n) is 12.6. The van der Waals surface area contributed by atoms with Crippen molar-refractivity contribution in [3.8, 4) is 11.5 Å². The lowest BCUT2D eigenvalue weighted by atomic mass is 10.2. The maximum absolute atomic E-state index is 14.1. The molecule has 0 saturated heterocycles. The van der Waals surface area contributed by atoms with Crippen LogP contribution in [0.15, 0.2) is 67.1 Å². The topological polar surface area (TPSA) is 61.3 Å². The Morgan fingerprint density at radius 2 is 1.88 bits per heavy atom. The van der Waals surface area contributed by atoms with E-state index in [1.807, 2.05) is 18.2 Å². The van der Waals surface area contributed by atoms with Gasteiger partial charge in [-0.05, 0) is 24.3 Å². The molecule has 1 aromatic heterocycles. The Morgan fingerprint density at radius 3 is 2.58 bits per heavy atom. The van der Waals surface area contributed by atoms with E-state index in [9.17, 15) is 9.18 Å². The average Bonchev–Trinajstić information content (AvgIpc) is 2.62. The largest absolute Gasteiger partial charge is 0.457 e. The highest BCUT2D eigenvalue weighted by molar-refractivity contribution is 5.86. The summed E-state index contributed by atoms with van der Waals surface area (Å²) in [5.74, 6) is -0.205. The average molecular weight is 324 g/mol. The summed E-state index contributed by atoms with van der Waals surface area (Å²) < 4.78 is 24.7. The molecule has 0 bridgehead atoms. The first-order valence-corrected chi connectivity index (χ1v) is 7.17. The molecule has 0 unspecified atom stereocenters. The third-order valence-electron chi connectivity index (χ3n) is 3.13. The third-order valence-corrected chi connectivity index (χ3v) is 3.13. The van der Waals surface area contributed by atoms with Crippen LogP contribution in [0.2, 0.25) is 0 Å². The number of halogens is 1. The molecule has 0 saturated carbocycles. The van der Waals surface area contributed by atoms with Gasteiger partial charge >= 0.3 is 5.97 Å². The first-order valence-electron chi connectivity index (χ1n) is 7.17. The first kappa shape index (κ1) is 15.6. The number of ether oxygens (including phenoxy) is 2. The van der Waals surface area contributed by atoms with Crippen molar-refractivity contribution in [2.75, 3.05) is 0 Å². The second kappa shape index (κ2) is 7.32. The molecule has 2 aromatic carbocycles. The summed E-state index contributed by atoms with van der Waals surface area (Å²) in [5.41, 5.74) is 0.314. The van der Waals surface area contributed by atoms with Crippen LogP contribution in [-0.2, 0) is 11.3 Å². The third kappa shape index (κ3) is 3.92. The monoisotopic (exact) mass is 324 g/mol. The van der Waals surface area contributed by atoms with E-state index in [2.05, 4.69) is 9.97 Å². The SMILES string of the molecule is O=C(OCc1ccc(Oc2ccccc2)cc1F)c1cnccn1. The number of hydrogen-bond acceptors (Lipinski definition) is 5.